The molecule has 0 aromatic rings. The van der Waals surface area contributed by atoms with Crippen LogP contribution >= 0.6 is 0 Å². The highest BCUT2D eigenvalue weighted by molar-refractivity contribution is 5.77. The Morgan fingerprint density at radius 1 is 1.64 bits per heavy atom. The molecule has 0 saturated heterocycles. The number of carbonyl (C=O) groups excluding carboxylic acids is 2. The van der Waals surface area contributed by atoms with E-state index in [1.807, 2.05) is 13.8 Å². The summed E-state index contributed by atoms with van der Waals surface area (Å²) in [4.78, 5) is 21.0. The van der Waals surface area contributed by atoms with E-state index in [0.29, 0.717) is 12.7 Å². The molecule has 3 nitrogen and oxygen atoms in total. The molecular formula is C8H15NO2. The summed E-state index contributed by atoms with van der Waals surface area (Å²) in [6.07, 6.45) is 1.04. The molecule has 0 bridgehead atoms. The van der Waals surface area contributed by atoms with Crippen molar-refractivity contribution in [3.05, 3.63) is 0 Å². The predicted molar refractivity (Wildman–Crippen MR) is 43.1 cm³/mol. The fraction of sp³-hybridized carbons (Fsp3) is 0.750. The van der Waals surface area contributed by atoms with Gasteiger partial charge in [-0.15, -0.1) is 0 Å². The van der Waals surface area contributed by atoms with E-state index in [-0.39, 0.29) is 5.78 Å². The summed E-state index contributed by atoms with van der Waals surface area (Å²) >= 11 is 0. The van der Waals surface area contributed by atoms with Crippen LogP contribution in [0.1, 0.15) is 27.2 Å². The van der Waals surface area contributed by atoms with Crippen LogP contribution in [0.25, 0.3) is 0 Å². The Morgan fingerprint density at radius 2 is 2.09 bits per heavy atom. The van der Waals surface area contributed by atoms with Gasteiger partial charge in [-0.3, -0.25) is 0 Å². The minimum absolute atomic E-state index is 0.0623. The smallest absolute Gasteiger partial charge is 0.137 e. The van der Waals surface area contributed by atoms with Crippen molar-refractivity contribution in [2.45, 2.75) is 33.2 Å². The molecule has 3 heteroatoms. The van der Waals surface area contributed by atoms with Crippen LogP contribution in [-0.4, -0.2) is 18.1 Å². The van der Waals surface area contributed by atoms with E-state index >= 15 is 0 Å². The Bertz CT molecular complexity index is 163. The molecule has 2 N–H and O–H groups in total. The van der Waals surface area contributed by atoms with Crippen LogP contribution < -0.4 is 5.73 Å². The third-order valence-electron chi connectivity index (χ3n) is 1.75. The van der Waals surface area contributed by atoms with E-state index in [1.54, 1.807) is 0 Å². The van der Waals surface area contributed by atoms with Crippen molar-refractivity contribution in [3.8, 4) is 0 Å². The van der Waals surface area contributed by atoms with Crippen LogP contribution in [0.2, 0.25) is 0 Å². The van der Waals surface area contributed by atoms with Crippen LogP contribution in [0.15, 0.2) is 0 Å². The predicted octanol–water partition coefficient (Wildman–Crippen LogP) is 0.518. The maximum Gasteiger partial charge on any atom is 0.137 e. The molecule has 64 valence electrons. The zero-order valence-corrected chi connectivity index (χ0v) is 7.26. The summed E-state index contributed by atoms with van der Waals surface area (Å²) in [7, 11) is 0. The summed E-state index contributed by atoms with van der Waals surface area (Å²) in [5.41, 5.74) is 5.07. The van der Waals surface area contributed by atoms with Crippen molar-refractivity contribution in [2.24, 2.45) is 11.1 Å². The highest BCUT2D eigenvalue weighted by Gasteiger charge is 2.27. The monoisotopic (exact) mass is 157 g/mol. The summed E-state index contributed by atoms with van der Waals surface area (Å²) in [6.45, 7) is 5.13. The first-order valence-electron chi connectivity index (χ1n) is 3.60. The number of hydrogen-bond donors (Lipinski definition) is 1. The zero-order chi connectivity index (χ0) is 9.07. The van der Waals surface area contributed by atoms with Crippen LogP contribution in [0.5, 0.6) is 0 Å². The lowest BCUT2D eigenvalue weighted by molar-refractivity contribution is -0.119. The first kappa shape index (κ1) is 10.3. The summed E-state index contributed by atoms with van der Waals surface area (Å²) in [6, 6.07) is -0.550. The number of hydrogen-bond acceptors (Lipinski definition) is 3. The zero-order valence-electron chi connectivity index (χ0n) is 7.26. The van der Waals surface area contributed by atoms with E-state index < -0.39 is 11.5 Å². The molecule has 0 aromatic carbocycles. The molecule has 0 aliphatic rings. The van der Waals surface area contributed by atoms with Crippen LogP contribution in [0.3, 0.4) is 0 Å². The van der Waals surface area contributed by atoms with Gasteiger partial charge >= 0.3 is 0 Å². The van der Waals surface area contributed by atoms with Gasteiger partial charge in [-0.1, -0.05) is 13.8 Å². The Balaban J connectivity index is 4.19. The van der Waals surface area contributed by atoms with E-state index in [4.69, 9.17) is 5.73 Å². The normalized spacial score (nSPS) is 14.2. The maximum atomic E-state index is 10.7. The van der Waals surface area contributed by atoms with E-state index in [1.165, 1.54) is 6.92 Å². The van der Waals surface area contributed by atoms with Gasteiger partial charge in [0.1, 0.15) is 12.1 Å². The Kier molecular flexibility index (Phi) is 3.39. The standard InChI is InChI=1S/C8H15NO2/c1-6(11)4-8(2,3)7(9)5-10/h5,7H,4,9H2,1-3H3. The molecule has 0 heterocycles. The third kappa shape index (κ3) is 3.28. The van der Waals surface area contributed by atoms with Crippen molar-refractivity contribution in [3.63, 3.8) is 0 Å². The van der Waals surface area contributed by atoms with Crippen molar-refractivity contribution in [1.82, 2.24) is 0 Å². The lowest BCUT2D eigenvalue weighted by Crippen LogP contribution is -2.39. The van der Waals surface area contributed by atoms with Gasteiger partial charge in [0, 0.05) is 6.42 Å². The molecule has 0 radical (unpaired) electrons. The minimum Gasteiger partial charge on any atom is -0.321 e. The number of aldehydes is 1. The van der Waals surface area contributed by atoms with Gasteiger partial charge in [0.2, 0.25) is 0 Å². The third-order valence-corrected chi connectivity index (χ3v) is 1.75. The number of Topliss-reactive ketones (excluding diaryl/α,β-unsaturated/α-hetero) is 1. The van der Waals surface area contributed by atoms with E-state index in [0.717, 1.165) is 0 Å². The highest BCUT2D eigenvalue weighted by Crippen LogP contribution is 2.22. The second-order valence-corrected chi connectivity index (χ2v) is 3.53. The highest BCUT2D eigenvalue weighted by atomic mass is 16.1. The molecule has 0 aliphatic carbocycles. The molecule has 0 rings (SSSR count). The Hall–Kier alpha value is -0.700. The second-order valence-electron chi connectivity index (χ2n) is 3.53. The second kappa shape index (κ2) is 3.62. The fourth-order valence-electron chi connectivity index (χ4n) is 0.944. The van der Waals surface area contributed by atoms with Gasteiger partial charge in [0.25, 0.3) is 0 Å². The summed E-state index contributed by atoms with van der Waals surface area (Å²) < 4.78 is 0. The van der Waals surface area contributed by atoms with Gasteiger partial charge < -0.3 is 15.3 Å². The summed E-state index contributed by atoms with van der Waals surface area (Å²) in [5, 5.41) is 0. The minimum atomic E-state index is -0.550. The van der Waals surface area contributed by atoms with Crippen molar-refractivity contribution < 1.29 is 9.59 Å². The van der Waals surface area contributed by atoms with Gasteiger partial charge in [-0.05, 0) is 12.3 Å². The maximum absolute atomic E-state index is 10.7. The lowest BCUT2D eigenvalue weighted by Gasteiger charge is -2.26. The first-order valence-corrected chi connectivity index (χ1v) is 3.60. The number of nitrogens with two attached hydrogens (primary N) is 1. The first-order chi connectivity index (χ1) is 4.90. The lowest BCUT2D eigenvalue weighted by atomic mass is 9.81. The van der Waals surface area contributed by atoms with Gasteiger partial charge in [-0.2, -0.15) is 0 Å². The van der Waals surface area contributed by atoms with Crippen molar-refractivity contribution in [1.29, 1.82) is 0 Å². The number of ketones is 1. The number of rotatable bonds is 4. The topological polar surface area (TPSA) is 60.2 Å². The number of carbonyl (C=O) groups is 2. The van der Waals surface area contributed by atoms with Gasteiger partial charge in [0.05, 0.1) is 6.04 Å². The molecule has 1 unspecified atom stereocenters. The Labute approximate surface area is 67.0 Å². The molecule has 0 aromatic heterocycles. The molecule has 0 amide bonds. The van der Waals surface area contributed by atoms with Crippen LogP contribution in [0.4, 0.5) is 0 Å². The molecular weight excluding hydrogens is 142 g/mol. The quantitative estimate of drug-likeness (QED) is 0.605. The Morgan fingerprint density at radius 3 is 2.36 bits per heavy atom. The van der Waals surface area contributed by atoms with Crippen LogP contribution in [0, 0.1) is 5.41 Å². The van der Waals surface area contributed by atoms with E-state index in [2.05, 4.69) is 0 Å². The SMILES string of the molecule is CC(=O)CC(C)(C)C(N)C=O. The van der Waals surface area contributed by atoms with E-state index in [9.17, 15) is 9.59 Å². The summed E-state index contributed by atoms with van der Waals surface area (Å²) in [5.74, 6) is 0.0623. The fourth-order valence-corrected chi connectivity index (χ4v) is 0.944. The molecule has 0 aliphatic heterocycles. The average molecular weight is 157 g/mol. The van der Waals surface area contributed by atoms with Crippen molar-refractivity contribution >= 4 is 12.1 Å². The van der Waals surface area contributed by atoms with Gasteiger partial charge in [0.15, 0.2) is 0 Å². The van der Waals surface area contributed by atoms with Crippen LogP contribution in [-0.2, 0) is 9.59 Å². The molecule has 1 atom stereocenters. The molecule has 0 spiro atoms. The largest absolute Gasteiger partial charge is 0.321 e. The van der Waals surface area contributed by atoms with Crippen molar-refractivity contribution in [2.75, 3.05) is 0 Å². The van der Waals surface area contributed by atoms with Gasteiger partial charge in [-0.25, -0.2) is 0 Å². The molecule has 0 fully saturated rings. The average Bonchev–Trinajstić information content (AvgIpc) is 1.83. The molecule has 11 heavy (non-hydrogen) atoms. The molecule has 0 saturated carbocycles.